The number of fused-ring (bicyclic) bond motifs is 3. The van der Waals surface area contributed by atoms with Gasteiger partial charge in [-0.25, -0.2) is 4.98 Å². The minimum absolute atomic E-state index is 0.154. The van der Waals surface area contributed by atoms with E-state index in [0.717, 1.165) is 55.9 Å². The van der Waals surface area contributed by atoms with Crippen molar-refractivity contribution in [1.29, 1.82) is 5.26 Å². The predicted octanol–water partition coefficient (Wildman–Crippen LogP) is 4.40. The van der Waals surface area contributed by atoms with E-state index in [0.29, 0.717) is 11.4 Å². The van der Waals surface area contributed by atoms with E-state index < -0.39 is 11.0 Å². The van der Waals surface area contributed by atoms with E-state index in [2.05, 4.69) is 40.3 Å². The summed E-state index contributed by atoms with van der Waals surface area (Å²) in [7, 11) is 0. The first kappa shape index (κ1) is 21.5. The van der Waals surface area contributed by atoms with Crippen molar-refractivity contribution in [2.75, 3.05) is 11.5 Å². The fourth-order valence-electron chi connectivity index (χ4n) is 5.29. The van der Waals surface area contributed by atoms with Crippen LogP contribution in [0.15, 0.2) is 53.3 Å². The summed E-state index contributed by atoms with van der Waals surface area (Å²) in [5.41, 5.74) is 21.5. The number of rotatable bonds is 2. The highest BCUT2D eigenvalue weighted by Gasteiger charge is 2.48. The third-order valence-electron chi connectivity index (χ3n) is 7.03. The van der Waals surface area contributed by atoms with Gasteiger partial charge in [0.1, 0.15) is 6.07 Å². The number of aryl methyl sites for hydroxylation is 4. The predicted molar refractivity (Wildman–Crippen MR) is 135 cm³/mol. The van der Waals surface area contributed by atoms with Crippen LogP contribution < -0.4 is 17.0 Å². The highest BCUT2D eigenvalue weighted by atomic mass is 16.1. The summed E-state index contributed by atoms with van der Waals surface area (Å²) in [6, 6.07) is 18.2. The first-order valence-corrected chi connectivity index (χ1v) is 11.1. The molecule has 6 nitrogen and oxygen atoms in total. The lowest BCUT2D eigenvalue weighted by Gasteiger charge is -2.34. The van der Waals surface area contributed by atoms with Crippen molar-refractivity contribution >= 4 is 11.4 Å². The van der Waals surface area contributed by atoms with Crippen molar-refractivity contribution in [3.05, 3.63) is 109 Å². The smallest absolute Gasteiger partial charge is 0.285 e. The fraction of sp³-hybridized carbons (Fsp3) is 0.179. The quantitative estimate of drug-likeness (QED) is 0.346. The molecule has 1 heterocycles. The summed E-state index contributed by atoms with van der Waals surface area (Å²) in [5.74, 6) is 0. The SMILES string of the molecule is Cc1cc(C2(c3cc(C)c(N)c(C)c3)c3ccccc3-c3nc(C#N)c(=O)[nH]c32)cc(C)c1N. The molecule has 0 aliphatic heterocycles. The Morgan fingerprint density at radius 3 is 1.88 bits per heavy atom. The number of nitrogen functional groups attached to an aromatic ring is 2. The maximum absolute atomic E-state index is 12.9. The lowest BCUT2D eigenvalue weighted by atomic mass is 9.68. The van der Waals surface area contributed by atoms with Gasteiger partial charge in [-0.15, -0.1) is 0 Å². The topological polar surface area (TPSA) is 122 Å². The summed E-state index contributed by atoms with van der Waals surface area (Å²) in [4.78, 5) is 20.5. The molecule has 0 atom stereocenters. The average molecular weight is 448 g/mol. The van der Waals surface area contributed by atoms with E-state index in [1.165, 1.54) is 0 Å². The number of H-pyrrole nitrogens is 1. The fourth-order valence-corrected chi connectivity index (χ4v) is 5.29. The molecule has 0 radical (unpaired) electrons. The molecule has 0 saturated heterocycles. The van der Waals surface area contributed by atoms with E-state index in [-0.39, 0.29) is 5.69 Å². The van der Waals surface area contributed by atoms with E-state index in [1.54, 1.807) is 0 Å². The highest BCUT2D eigenvalue weighted by Crippen LogP contribution is 2.55. The van der Waals surface area contributed by atoms with Crippen LogP contribution in [0.3, 0.4) is 0 Å². The zero-order chi connectivity index (χ0) is 24.4. The highest BCUT2D eigenvalue weighted by molar-refractivity contribution is 5.83. The third kappa shape index (κ3) is 2.74. The van der Waals surface area contributed by atoms with Crippen LogP contribution >= 0.6 is 0 Å². The summed E-state index contributed by atoms with van der Waals surface area (Å²) in [6.45, 7) is 7.95. The monoisotopic (exact) mass is 447 g/mol. The van der Waals surface area contributed by atoms with Crippen LogP contribution in [0.5, 0.6) is 0 Å². The van der Waals surface area contributed by atoms with Crippen LogP contribution in [0.2, 0.25) is 0 Å². The molecule has 1 aromatic heterocycles. The first-order chi connectivity index (χ1) is 16.2. The third-order valence-corrected chi connectivity index (χ3v) is 7.03. The summed E-state index contributed by atoms with van der Waals surface area (Å²) in [5, 5.41) is 9.51. The Kier molecular flexibility index (Phi) is 4.63. The van der Waals surface area contributed by atoms with Gasteiger partial charge in [0.25, 0.3) is 5.56 Å². The van der Waals surface area contributed by atoms with E-state index in [4.69, 9.17) is 11.5 Å². The molecule has 0 unspecified atom stereocenters. The molecule has 0 bridgehead atoms. The molecule has 168 valence electrons. The summed E-state index contributed by atoms with van der Waals surface area (Å²) in [6.07, 6.45) is 0. The zero-order valence-corrected chi connectivity index (χ0v) is 19.6. The lowest BCUT2D eigenvalue weighted by molar-refractivity contribution is 0.726. The second-order valence-electron chi connectivity index (χ2n) is 9.09. The number of benzene rings is 3. The van der Waals surface area contributed by atoms with Gasteiger partial charge in [-0.1, -0.05) is 48.5 Å². The van der Waals surface area contributed by atoms with Gasteiger partial charge in [0, 0.05) is 16.9 Å². The van der Waals surface area contributed by atoms with Crippen molar-refractivity contribution < 1.29 is 0 Å². The normalized spacial score (nSPS) is 13.3. The number of nitrogens with one attached hydrogen (secondary N) is 1. The number of anilines is 2. The number of aromatic amines is 1. The molecule has 6 heteroatoms. The molecule has 0 fully saturated rings. The van der Waals surface area contributed by atoms with Crippen LogP contribution in [0.1, 0.15) is 50.3 Å². The number of hydrogen-bond donors (Lipinski definition) is 3. The molecule has 1 aliphatic carbocycles. The first-order valence-electron chi connectivity index (χ1n) is 11.1. The number of nitrogens with two attached hydrogens (primary N) is 2. The van der Waals surface area contributed by atoms with Gasteiger partial charge >= 0.3 is 0 Å². The Hall–Kier alpha value is -4.37. The summed E-state index contributed by atoms with van der Waals surface area (Å²) < 4.78 is 0. The molecule has 0 amide bonds. The Morgan fingerprint density at radius 2 is 1.38 bits per heavy atom. The Bertz CT molecular complexity index is 1500. The van der Waals surface area contributed by atoms with E-state index >= 15 is 0 Å². The van der Waals surface area contributed by atoms with Gasteiger partial charge in [0.15, 0.2) is 0 Å². The van der Waals surface area contributed by atoms with Crippen LogP contribution in [-0.2, 0) is 5.41 Å². The standard InChI is InChI=1S/C28H25N5O/c1-14-9-18(10-15(2)23(14)30)28(19-11-16(3)24(31)17(4)12-19)21-8-6-5-7-20(21)25-26(28)33-27(34)22(13-29)32-25/h5-12H,30-31H2,1-4H3,(H,33,34). The maximum atomic E-state index is 12.9. The van der Waals surface area contributed by atoms with Crippen LogP contribution in [0.4, 0.5) is 11.4 Å². The second-order valence-corrected chi connectivity index (χ2v) is 9.09. The largest absolute Gasteiger partial charge is 0.398 e. The van der Waals surface area contributed by atoms with Gasteiger partial charge in [-0.3, -0.25) is 4.79 Å². The van der Waals surface area contributed by atoms with Gasteiger partial charge in [0.2, 0.25) is 5.69 Å². The maximum Gasteiger partial charge on any atom is 0.285 e. The average Bonchev–Trinajstić information content (AvgIpc) is 3.09. The minimum Gasteiger partial charge on any atom is -0.398 e. The molecule has 34 heavy (non-hydrogen) atoms. The van der Waals surface area contributed by atoms with Crippen LogP contribution in [0, 0.1) is 39.0 Å². The molecule has 5 rings (SSSR count). The van der Waals surface area contributed by atoms with Crippen molar-refractivity contribution in [2.24, 2.45) is 0 Å². The summed E-state index contributed by atoms with van der Waals surface area (Å²) >= 11 is 0. The van der Waals surface area contributed by atoms with Gasteiger partial charge in [0.05, 0.1) is 16.8 Å². The van der Waals surface area contributed by atoms with Gasteiger partial charge in [-0.2, -0.15) is 5.26 Å². The van der Waals surface area contributed by atoms with E-state index in [9.17, 15) is 10.1 Å². The Morgan fingerprint density at radius 1 is 0.882 bits per heavy atom. The van der Waals surface area contributed by atoms with Crippen molar-refractivity contribution in [2.45, 2.75) is 33.1 Å². The molecule has 5 N–H and O–H groups in total. The van der Waals surface area contributed by atoms with Crippen LogP contribution in [0.25, 0.3) is 11.3 Å². The van der Waals surface area contributed by atoms with Crippen molar-refractivity contribution in [3.63, 3.8) is 0 Å². The molecule has 0 saturated carbocycles. The van der Waals surface area contributed by atoms with Gasteiger partial charge < -0.3 is 16.5 Å². The lowest BCUT2D eigenvalue weighted by Crippen LogP contribution is -2.32. The molecule has 4 aromatic rings. The van der Waals surface area contributed by atoms with Crippen molar-refractivity contribution in [3.8, 4) is 17.3 Å². The number of hydrogen-bond acceptors (Lipinski definition) is 5. The molecular weight excluding hydrogens is 422 g/mol. The molecule has 0 spiro atoms. The Balaban J connectivity index is 2.04. The van der Waals surface area contributed by atoms with Gasteiger partial charge in [-0.05, 0) is 66.6 Å². The number of nitrogens with zero attached hydrogens (tertiary/aromatic N) is 2. The Labute approximate surface area is 197 Å². The minimum atomic E-state index is -0.863. The number of aromatic nitrogens is 2. The second kappa shape index (κ2) is 7.32. The molecule has 3 aromatic carbocycles. The molecule has 1 aliphatic rings. The number of nitriles is 1. The molecular formula is C28H25N5O. The van der Waals surface area contributed by atoms with Crippen LogP contribution in [-0.4, -0.2) is 9.97 Å². The zero-order valence-electron chi connectivity index (χ0n) is 19.6. The van der Waals surface area contributed by atoms with E-state index in [1.807, 2.05) is 52.0 Å². The van der Waals surface area contributed by atoms with Crippen molar-refractivity contribution in [1.82, 2.24) is 9.97 Å².